The van der Waals surface area contributed by atoms with Crippen molar-refractivity contribution in [2.45, 2.75) is 18.4 Å². The van der Waals surface area contributed by atoms with Crippen molar-refractivity contribution in [1.29, 1.82) is 0 Å². The van der Waals surface area contributed by atoms with E-state index in [9.17, 15) is 4.79 Å². The highest BCUT2D eigenvalue weighted by Gasteiger charge is 2.35. The number of carbonyl (C=O) groups excluding carboxylic acids is 1. The van der Waals surface area contributed by atoms with Gasteiger partial charge in [0, 0.05) is 18.9 Å². The van der Waals surface area contributed by atoms with Crippen LogP contribution in [0.4, 0.5) is 5.69 Å². The minimum Gasteiger partial charge on any atom is -0.508 e. The van der Waals surface area contributed by atoms with E-state index in [-0.39, 0.29) is 11.7 Å². The maximum Gasteiger partial charge on any atom is 0.244 e. The van der Waals surface area contributed by atoms with Crippen LogP contribution in [0.2, 0.25) is 0 Å². The number of ether oxygens (including phenoxy) is 1. The van der Waals surface area contributed by atoms with Crippen LogP contribution in [-0.4, -0.2) is 29.8 Å². The second-order valence-electron chi connectivity index (χ2n) is 4.27. The largest absolute Gasteiger partial charge is 0.508 e. The molecule has 5 heteroatoms. The number of aromatic hydroxyl groups is 1. The molecule has 1 aliphatic rings. The molecule has 5 nitrogen and oxygen atoms in total. The van der Waals surface area contributed by atoms with Gasteiger partial charge in [0.1, 0.15) is 11.3 Å². The number of amides is 1. The van der Waals surface area contributed by atoms with Crippen LogP contribution >= 0.6 is 0 Å². The Labute approximate surface area is 99.6 Å². The second kappa shape index (κ2) is 4.73. The number of phenols is 1. The summed E-state index contributed by atoms with van der Waals surface area (Å²) in [6, 6.07) is 6.30. The van der Waals surface area contributed by atoms with Crippen LogP contribution in [0.1, 0.15) is 12.8 Å². The molecule has 1 fully saturated rings. The molecule has 1 aromatic rings. The van der Waals surface area contributed by atoms with Gasteiger partial charge in [0.05, 0.1) is 0 Å². The molecule has 1 aliphatic heterocycles. The Balaban J connectivity index is 2.03. The molecule has 1 aromatic carbocycles. The monoisotopic (exact) mass is 236 g/mol. The lowest BCUT2D eigenvalue weighted by atomic mass is 9.90. The summed E-state index contributed by atoms with van der Waals surface area (Å²) in [6.45, 7) is 1.03. The Morgan fingerprint density at radius 1 is 1.29 bits per heavy atom. The first-order valence-electron chi connectivity index (χ1n) is 5.57. The number of benzene rings is 1. The molecule has 0 aromatic heterocycles. The first-order valence-corrected chi connectivity index (χ1v) is 5.57. The number of hydrogen-bond donors (Lipinski definition) is 3. The lowest BCUT2D eigenvalue weighted by Gasteiger charge is -2.31. The van der Waals surface area contributed by atoms with Gasteiger partial charge < -0.3 is 20.9 Å². The number of phenolic OH excluding ortho intramolecular Hbond substituents is 1. The predicted molar refractivity (Wildman–Crippen MR) is 63.7 cm³/mol. The van der Waals surface area contributed by atoms with E-state index in [2.05, 4.69) is 5.32 Å². The van der Waals surface area contributed by atoms with Crippen LogP contribution in [0, 0.1) is 0 Å². The smallest absolute Gasteiger partial charge is 0.244 e. The lowest BCUT2D eigenvalue weighted by Crippen LogP contribution is -2.54. The topological polar surface area (TPSA) is 84.6 Å². The summed E-state index contributed by atoms with van der Waals surface area (Å²) in [7, 11) is 0. The molecule has 17 heavy (non-hydrogen) atoms. The summed E-state index contributed by atoms with van der Waals surface area (Å²) >= 11 is 0. The van der Waals surface area contributed by atoms with Crippen molar-refractivity contribution in [3.05, 3.63) is 24.3 Å². The molecular weight excluding hydrogens is 220 g/mol. The fourth-order valence-electron chi connectivity index (χ4n) is 1.76. The molecule has 1 saturated heterocycles. The van der Waals surface area contributed by atoms with E-state index in [4.69, 9.17) is 15.6 Å². The van der Waals surface area contributed by atoms with E-state index in [1.165, 1.54) is 12.1 Å². The van der Waals surface area contributed by atoms with Gasteiger partial charge in [0.25, 0.3) is 0 Å². The molecule has 1 heterocycles. The first-order chi connectivity index (χ1) is 8.10. The number of nitrogens with two attached hydrogens (primary N) is 1. The summed E-state index contributed by atoms with van der Waals surface area (Å²) in [5, 5.41) is 11.9. The van der Waals surface area contributed by atoms with Crippen molar-refractivity contribution in [3.63, 3.8) is 0 Å². The molecule has 4 N–H and O–H groups in total. The predicted octanol–water partition coefficient (Wildman–Crippen LogP) is 0.839. The number of anilines is 1. The van der Waals surface area contributed by atoms with E-state index in [0.29, 0.717) is 31.7 Å². The Hall–Kier alpha value is -1.59. The maximum atomic E-state index is 12.0. The van der Waals surface area contributed by atoms with E-state index >= 15 is 0 Å². The fraction of sp³-hybridized carbons (Fsp3) is 0.417. The highest BCUT2D eigenvalue weighted by atomic mass is 16.5. The zero-order valence-electron chi connectivity index (χ0n) is 9.48. The number of carbonyl (C=O) groups is 1. The van der Waals surface area contributed by atoms with Gasteiger partial charge in [0.15, 0.2) is 0 Å². The van der Waals surface area contributed by atoms with Crippen molar-refractivity contribution in [2.24, 2.45) is 5.73 Å². The third-order valence-corrected chi connectivity index (χ3v) is 2.96. The number of rotatable bonds is 2. The molecule has 0 saturated carbocycles. The van der Waals surface area contributed by atoms with Gasteiger partial charge in [-0.25, -0.2) is 0 Å². The van der Waals surface area contributed by atoms with E-state index in [1.54, 1.807) is 12.1 Å². The normalized spacial score (nSPS) is 18.6. The van der Waals surface area contributed by atoms with Crippen molar-refractivity contribution in [1.82, 2.24) is 0 Å². The highest BCUT2D eigenvalue weighted by Crippen LogP contribution is 2.21. The average molecular weight is 236 g/mol. The van der Waals surface area contributed by atoms with Gasteiger partial charge in [0.2, 0.25) is 5.91 Å². The number of hydrogen-bond acceptors (Lipinski definition) is 4. The quantitative estimate of drug-likeness (QED) is 0.664. The summed E-state index contributed by atoms with van der Waals surface area (Å²) in [5.74, 6) is -0.0389. The van der Waals surface area contributed by atoms with Crippen LogP contribution in [0.5, 0.6) is 5.75 Å². The zero-order chi connectivity index (χ0) is 12.3. The van der Waals surface area contributed by atoms with Gasteiger partial charge in [-0.05, 0) is 37.1 Å². The standard InChI is InChI=1S/C12H16N2O3/c13-12(5-7-17-8-6-12)11(16)14-9-1-3-10(15)4-2-9/h1-4,15H,5-8,13H2,(H,14,16). The van der Waals surface area contributed by atoms with Crippen LogP contribution < -0.4 is 11.1 Å². The Morgan fingerprint density at radius 2 is 1.88 bits per heavy atom. The fourth-order valence-corrected chi connectivity index (χ4v) is 1.76. The highest BCUT2D eigenvalue weighted by molar-refractivity contribution is 5.98. The van der Waals surface area contributed by atoms with Crippen LogP contribution in [0.3, 0.4) is 0 Å². The van der Waals surface area contributed by atoms with Crippen molar-refractivity contribution in [2.75, 3.05) is 18.5 Å². The minimum atomic E-state index is -0.851. The molecule has 92 valence electrons. The van der Waals surface area contributed by atoms with Crippen molar-refractivity contribution >= 4 is 11.6 Å². The van der Waals surface area contributed by atoms with Crippen LogP contribution in [0.25, 0.3) is 0 Å². The average Bonchev–Trinajstić information content (AvgIpc) is 2.33. The summed E-state index contributed by atoms with van der Waals surface area (Å²) in [6.07, 6.45) is 1.05. The molecule has 0 bridgehead atoms. The summed E-state index contributed by atoms with van der Waals surface area (Å²) in [5.41, 5.74) is 5.82. The zero-order valence-corrected chi connectivity index (χ0v) is 9.48. The molecule has 0 aliphatic carbocycles. The molecule has 0 atom stereocenters. The van der Waals surface area contributed by atoms with Crippen molar-refractivity contribution < 1.29 is 14.6 Å². The number of nitrogens with one attached hydrogen (secondary N) is 1. The molecule has 0 spiro atoms. The molecule has 1 amide bonds. The van der Waals surface area contributed by atoms with E-state index in [1.807, 2.05) is 0 Å². The van der Waals surface area contributed by atoms with Gasteiger partial charge >= 0.3 is 0 Å². The Bertz CT molecular complexity index is 397. The van der Waals surface area contributed by atoms with Gasteiger partial charge in [-0.2, -0.15) is 0 Å². The van der Waals surface area contributed by atoms with Gasteiger partial charge in [-0.15, -0.1) is 0 Å². The first kappa shape index (κ1) is 11.9. The summed E-state index contributed by atoms with van der Waals surface area (Å²) < 4.78 is 5.19. The molecule has 2 rings (SSSR count). The van der Waals surface area contributed by atoms with E-state index in [0.717, 1.165) is 0 Å². The second-order valence-corrected chi connectivity index (χ2v) is 4.27. The van der Waals surface area contributed by atoms with Crippen LogP contribution in [-0.2, 0) is 9.53 Å². The third-order valence-electron chi connectivity index (χ3n) is 2.96. The summed E-state index contributed by atoms with van der Waals surface area (Å²) in [4.78, 5) is 12.0. The van der Waals surface area contributed by atoms with Gasteiger partial charge in [-0.3, -0.25) is 4.79 Å². The van der Waals surface area contributed by atoms with Gasteiger partial charge in [-0.1, -0.05) is 0 Å². The third kappa shape index (κ3) is 2.75. The SMILES string of the molecule is NC1(C(=O)Nc2ccc(O)cc2)CCOCC1. The Morgan fingerprint density at radius 3 is 2.47 bits per heavy atom. The molecular formula is C12H16N2O3. The lowest BCUT2D eigenvalue weighted by molar-refractivity contribution is -0.124. The molecule has 0 unspecified atom stereocenters. The maximum absolute atomic E-state index is 12.0. The minimum absolute atomic E-state index is 0.163. The van der Waals surface area contributed by atoms with E-state index < -0.39 is 5.54 Å². The van der Waals surface area contributed by atoms with Crippen molar-refractivity contribution in [3.8, 4) is 5.75 Å². The van der Waals surface area contributed by atoms with Crippen LogP contribution in [0.15, 0.2) is 24.3 Å². The Kier molecular flexibility index (Phi) is 3.31. The molecule has 0 radical (unpaired) electrons.